The van der Waals surface area contributed by atoms with Gasteiger partial charge in [0, 0.05) is 12.4 Å². The van der Waals surface area contributed by atoms with E-state index < -0.39 is 0 Å². The Labute approximate surface area is 86.2 Å². The lowest BCUT2D eigenvalue weighted by molar-refractivity contribution is 0.925. The van der Waals surface area contributed by atoms with E-state index in [1.165, 1.54) is 17.3 Å². The molecule has 0 radical (unpaired) electrons. The first-order chi connectivity index (χ1) is 6.79. The molecular formula is C8H6ClN5. The minimum absolute atomic E-state index is 0.0615. The molecule has 1 aromatic rings. The fraction of sp³-hybridized carbons (Fsp3) is 0.250. The number of hydrogen-bond donors (Lipinski definition) is 0. The molecule has 0 bridgehead atoms. The molecule has 0 amide bonds. The number of rotatable bonds is 3. The SMILES string of the molecule is N#CCN(CC#N)c1nccnc1Cl. The third kappa shape index (κ3) is 2.32. The maximum atomic E-state index is 8.52. The van der Waals surface area contributed by atoms with E-state index in [0.29, 0.717) is 5.82 Å². The van der Waals surface area contributed by atoms with Crippen molar-refractivity contribution in [1.82, 2.24) is 9.97 Å². The summed E-state index contributed by atoms with van der Waals surface area (Å²) >= 11 is 5.76. The molecule has 6 heteroatoms. The zero-order valence-electron chi connectivity index (χ0n) is 7.18. The number of nitriles is 2. The number of anilines is 1. The summed E-state index contributed by atoms with van der Waals surface area (Å²) in [7, 11) is 0. The van der Waals surface area contributed by atoms with Crippen LogP contribution < -0.4 is 4.90 Å². The molecule has 1 rings (SSSR count). The summed E-state index contributed by atoms with van der Waals surface area (Å²) in [6.07, 6.45) is 2.91. The topological polar surface area (TPSA) is 76.6 Å². The highest BCUT2D eigenvalue weighted by Gasteiger charge is 2.11. The van der Waals surface area contributed by atoms with Gasteiger partial charge in [0.05, 0.1) is 12.1 Å². The van der Waals surface area contributed by atoms with Gasteiger partial charge in [-0.2, -0.15) is 10.5 Å². The summed E-state index contributed by atoms with van der Waals surface area (Å²) in [6.45, 7) is 0.123. The van der Waals surface area contributed by atoms with Crippen LogP contribution in [0.1, 0.15) is 0 Å². The monoisotopic (exact) mass is 207 g/mol. The van der Waals surface area contributed by atoms with Crippen LogP contribution >= 0.6 is 11.6 Å². The highest BCUT2D eigenvalue weighted by Crippen LogP contribution is 2.18. The normalized spacial score (nSPS) is 8.79. The fourth-order valence-electron chi connectivity index (χ4n) is 0.902. The van der Waals surface area contributed by atoms with Crippen LogP contribution in [0.3, 0.4) is 0 Å². The third-order valence-electron chi connectivity index (χ3n) is 1.46. The van der Waals surface area contributed by atoms with Crippen LogP contribution in [0.2, 0.25) is 5.15 Å². The predicted molar refractivity (Wildman–Crippen MR) is 50.5 cm³/mol. The number of hydrogen-bond acceptors (Lipinski definition) is 5. The summed E-state index contributed by atoms with van der Waals surface area (Å²) in [6, 6.07) is 3.85. The molecule has 0 aliphatic carbocycles. The second kappa shape index (κ2) is 5.00. The van der Waals surface area contributed by atoms with Crippen molar-refractivity contribution < 1.29 is 0 Å². The van der Waals surface area contributed by atoms with Gasteiger partial charge in [-0.25, -0.2) is 9.97 Å². The average Bonchev–Trinajstić information content (AvgIpc) is 2.18. The molecule has 0 aliphatic rings. The lowest BCUT2D eigenvalue weighted by atomic mass is 10.5. The van der Waals surface area contributed by atoms with Gasteiger partial charge in [0.15, 0.2) is 11.0 Å². The van der Waals surface area contributed by atoms with Gasteiger partial charge in [-0.05, 0) is 0 Å². The maximum absolute atomic E-state index is 8.52. The van der Waals surface area contributed by atoms with Crippen molar-refractivity contribution >= 4 is 17.4 Å². The van der Waals surface area contributed by atoms with E-state index in [2.05, 4.69) is 9.97 Å². The number of halogens is 1. The van der Waals surface area contributed by atoms with Gasteiger partial charge >= 0.3 is 0 Å². The van der Waals surface area contributed by atoms with Crippen LogP contribution in [0.5, 0.6) is 0 Å². The van der Waals surface area contributed by atoms with Gasteiger partial charge in [0.2, 0.25) is 0 Å². The quantitative estimate of drug-likeness (QED) is 0.691. The molecule has 70 valence electrons. The first-order valence-corrected chi connectivity index (χ1v) is 4.12. The molecule has 1 heterocycles. The molecule has 0 atom stereocenters. The lowest BCUT2D eigenvalue weighted by Crippen LogP contribution is -2.25. The summed E-state index contributed by atoms with van der Waals surface area (Å²) < 4.78 is 0. The van der Waals surface area contributed by atoms with E-state index in [9.17, 15) is 0 Å². The smallest absolute Gasteiger partial charge is 0.171 e. The molecule has 0 aliphatic heterocycles. The van der Waals surface area contributed by atoms with E-state index >= 15 is 0 Å². The van der Waals surface area contributed by atoms with E-state index in [1.807, 2.05) is 12.1 Å². The van der Waals surface area contributed by atoms with Gasteiger partial charge in [-0.15, -0.1) is 0 Å². The standard InChI is InChI=1S/C8H6ClN5/c9-7-8(13-4-3-12-7)14(5-1-10)6-2-11/h3-4H,5-6H2. The average molecular weight is 208 g/mol. The summed E-state index contributed by atoms with van der Waals surface area (Å²) in [4.78, 5) is 9.21. The Morgan fingerprint density at radius 3 is 2.29 bits per heavy atom. The van der Waals surface area contributed by atoms with Crippen LogP contribution in [-0.4, -0.2) is 23.1 Å². The van der Waals surface area contributed by atoms with Crippen LogP contribution in [-0.2, 0) is 0 Å². The maximum Gasteiger partial charge on any atom is 0.171 e. The molecule has 0 fully saturated rings. The third-order valence-corrected chi connectivity index (χ3v) is 1.73. The van der Waals surface area contributed by atoms with Crippen molar-refractivity contribution in [3.63, 3.8) is 0 Å². The molecular weight excluding hydrogens is 202 g/mol. The Morgan fingerprint density at radius 2 is 1.79 bits per heavy atom. The number of nitrogens with zero attached hydrogens (tertiary/aromatic N) is 5. The van der Waals surface area contributed by atoms with Crippen molar-refractivity contribution in [3.05, 3.63) is 17.5 Å². The second-order valence-electron chi connectivity index (χ2n) is 2.34. The minimum Gasteiger partial charge on any atom is -0.327 e. The van der Waals surface area contributed by atoms with E-state index in [4.69, 9.17) is 22.1 Å². The molecule has 0 unspecified atom stereocenters. The van der Waals surface area contributed by atoms with Gasteiger partial charge in [-0.1, -0.05) is 11.6 Å². The Bertz CT molecular complexity index is 375. The highest BCUT2D eigenvalue weighted by atomic mass is 35.5. The molecule has 0 spiro atoms. The molecule has 14 heavy (non-hydrogen) atoms. The molecule has 0 aromatic carbocycles. The summed E-state index contributed by atoms with van der Waals surface area (Å²) in [5.74, 6) is 0.359. The molecule has 0 saturated carbocycles. The van der Waals surface area contributed by atoms with E-state index in [0.717, 1.165) is 0 Å². The Balaban J connectivity index is 2.95. The van der Waals surface area contributed by atoms with E-state index in [1.54, 1.807) is 0 Å². The van der Waals surface area contributed by atoms with Gasteiger partial charge < -0.3 is 4.90 Å². The molecule has 0 N–H and O–H groups in total. The first kappa shape index (κ1) is 10.2. The van der Waals surface area contributed by atoms with Crippen molar-refractivity contribution in [3.8, 4) is 12.1 Å². The van der Waals surface area contributed by atoms with Crippen LogP contribution in [0.15, 0.2) is 12.4 Å². The Hall–Kier alpha value is -1.85. The van der Waals surface area contributed by atoms with Gasteiger partial charge in [0.25, 0.3) is 0 Å². The zero-order chi connectivity index (χ0) is 10.4. The van der Waals surface area contributed by atoms with E-state index in [-0.39, 0.29) is 18.2 Å². The molecule has 0 saturated heterocycles. The fourth-order valence-corrected chi connectivity index (χ4v) is 1.13. The van der Waals surface area contributed by atoms with Crippen molar-refractivity contribution in [2.45, 2.75) is 0 Å². The van der Waals surface area contributed by atoms with Crippen LogP contribution in [0.25, 0.3) is 0 Å². The van der Waals surface area contributed by atoms with Crippen molar-refractivity contribution in [1.29, 1.82) is 10.5 Å². The Morgan fingerprint density at radius 1 is 1.21 bits per heavy atom. The van der Waals surface area contributed by atoms with Crippen molar-refractivity contribution in [2.24, 2.45) is 0 Å². The van der Waals surface area contributed by atoms with Gasteiger partial charge in [-0.3, -0.25) is 0 Å². The predicted octanol–water partition coefficient (Wildman–Crippen LogP) is 0.984. The zero-order valence-corrected chi connectivity index (χ0v) is 7.94. The highest BCUT2D eigenvalue weighted by molar-refractivity contribution is 6.31. The molecule has 1 aromatic heterocycles. The molecule has 5 nitrogen and oxygen atoms in total. The van der Waals surface area contributed by atoms with Crippen LogP contribution in [0, 0.1) is 22.7 Å². The van der Waals surface area contributed by atoms with Gasteiger partial charge in [0.1, 0.15) is 13.1 Å². The number of aromatic nitrogens is 2. The van der Waals surface area contributed by atoms with Crippen LogP contribution in [0.4, 0.5) is 5.82 Å². The minimum atomic E-state index is 0.0615. The lowest BCUT2D eigenvalue weighted by Gasteiger charge is -2.16. The summed E-state index contributed by atoms with van der Waals surface area (Å²) in [5.41, 5.74) is 0. The largest absolute Gasteiger partial charge is 0.327 e. The van der Waals surface area contributed by atoms with Crippen molar-refractivity contribution in [2.75, 3.05) is 18.0 Å². The second-order valence-corrected chi connectivity index (χ2v) is 2.70. The Kier molecular flexibility index (Phi) is 3.66. The summed E-state index contributed by atoms with van der Waals surface area (Å²) in [5, 5.41) is 17.2. The first-order valence-electron chi connectivity index (χ1n) is 3.75.